The van der Waals surface area contributed by atoms with E-state index < -0.39 is 16.1 Å². The van der Waals surface area contributed by atoms with Gasteiger partial charge in [0.15, 0.2) is 0 Å². The number of anilines is 2. The summed E-state index contributed by atoms with van der Waals surface area (Å²) in [5.74, 6) is 0.346. The van der Waals surface area contributed by atoms with E-state index in [4.69, 9.17) is 14.5 Å². The molecular formula is C32H37N5O5S. The maximum atomic E-state index is 13.2. The van der Waals surface area contributed by atoms with Crippen molar-refractivity contribution in [2.45, 2.75) is 25.3 Å². The molecular weight excluding hydrogens is 566 g/mol. The van der Waals surface area contributed by atoms with Gasteiger partial charge in [-0.15, -0.1) is 0 Å². The Kier molecular flexibility index (Phi) is 9.56. The summed E-state index contributed by atoms with van der Waals surface area (Å²) in [6.07, 6.45) is 1.89. The molecule has 1 aliphatic rings. The topological polar surface area (TPSA) is 113 Å². The first-order chi connectivity index (χ1) is 20.8. The number of benzene rings is 3. The molecule has 226 valence electrons. The van der Waals surface area contributed by atoms with Gasteiger partial charge < -0.3 is 20.1 Å². The molecule has 1 saturated heterocycles. The van der Waals surface area contributed by atoms with Crippen molar-refractivity contribution >= 4 is 38.2 Å². The molecule has 4 aromatic rings. The second kappa shape index (κ2) is 13.5. The standard InChI is InChI=1S/C32H37N5O5S/c1-4-37(5-2)43(39,40)25-12-15-31(41-3)30(20-25)35-32(38)34-29-14-13-26(27-8-6-7-9-28(27)29)23-10-11-24(33-21-23)22-36-16-18-42-19-17-36/h6-15,20-21H,4-5,16-19,22H2,1-3H3,(H2,34,35,38). The van der Waals surface area contributed by atoms with Crippen molar-refractivity contribution in [2.75, 3.05) is 57.1 Å². The molecule has 1 fully saturated rings. The zero-order chi connectivity index (χ0) is 30.4. The Balaban J connectivity index is 1.37. The third-order valence-corrected chi connectivity index (χ3v) is 9.61. The highest BCUT2D eigenvalue weighted by Gasteiger charge is 2.23. The van der Waals surface area contributed by atoms with E-state index in [9.17, 15) is 13.2 Å². The van der Waals surface area contributed by atoms with Crippen LogP contribution in [0.2, 0.25) is 0 Å². The molecule has 3 aromatic carbocycles. The van der Waals surface area contributed by atoms with Crippen LogP contribution in [0.5, 0.6) is 5.75 Å². The molecule has 5 rings (SSSR count). The maximum Gasteiger partial charge on any atom is 0.323 e. The van der Waals surface area contributed by atoms with Crippen molar-refractivity contribution in [2.24, 2.45) is 0 Å². The summed E-state index contributed by atoms with van der Waals surface area (Å²) in [6, 6.07) is 19.7. The highest BCUT2D eigenvalue weighted by atomic mass is 32.2. The smallest absolute Gasteiger partial charge is 0.323 e. The maximum absolute atomic E-state index is 13.2. The third-order valence-electron chi connectivity index (χ3n) is 7.56. The number of carbonyl (C=O) groups excluding carboxylic acids is 1. The van der Waals surface area contributed by atoms with E-state index in [0.29, 0.717) is 24.5 Å². The van der Waals surface area contributed by atoms with Crippen molar-refractivity contribution < 1.29 is 22.7 Å². The number of morpholine rings is 1. The largest absolute Gasteiger partial charge is 0.495 e. The second-order valence-electron chi connectivity index (χ2n) is 10.2. The summed E-state index contributed by atoms with van der Waals surface area (Å²) >= 11 is 0. The van der Waals surface area contributed by atoms with Crippen molar-refractivity contribution in [3.8, 4) is 16.9 Å². The van der Waals surface area contributed by atoms with Gasteiger partial charge in [-0.2, -0.15) is 4.31 Å². The number of amides is 2. The number of ether oxygens (including phenoxy) is 2. The number of fused-ring (bicyclic) bond motifs is 1. The molecule has 2 N–H and O–H groups in total. The number of pyridine rings is 1. The first kappa shape index (κ1) is 30.4. The van der Waals surface area contributed by atoms with Crippen LogP contribution in [0, 0.1) is 0 Å². The van der Waals surface area contributed by atoms with Gasteiger partial charge >= 0.3 is 6.03 Å². The Labute approximate surface area is 252 Å². The Morgan fingerprint density at radius 2 is 1.67 bits per heavy atom. The van der Waals surface area contributed by atoms with E-state index in [2.05, 4.69) is 27.7 Å². The number of nitrogens with one attached hydrogen (secondary N) is 2. The predicted molar refractivity (Wildman–Crippen MR) is 169 cm³/mol. The summed E-state index contributed by atoms with van der Waals surface area (Å²) in [5.41, 5.74) is 3.85. The summed E-state index contributed by atoms with van der Waals surface area (Å²) in [7, 11) is -2.25. The molecule has 10 nitrogen and oxygen atoms in total. The minimum absolute atomic E-state index is 0.0756. The Bertz CT molecular complexity index is 1680. The molecule has 11 heteroatoms. The summed E-state index contributed by atoms with van der Waals surface area (Å²) < 4.78 is 38.3. The van der Waals surface area contributed by atoms with E-state index in [1.807, 2.05) is 42.6 Å². The number of aromatic nitrogens is 1. The number of carbonyl (C=O) groups is 1. The number of sulfonamides is 1. The van der Waals surface area contributed by atoms with Crippen molar-refractivity contribution in [1.29, 1.82) is 0 Å². The molecule has 0 aliphatic carbocycles. The third kappa shape index (κ3) is 6.80. The SMILES string of the molecule is CCN(CC)S(=O)(=O)c1ccc(OC)c(NC(=O)Nc2ccc(-c3ccc(CN4CCOCC4)nc3)c3ccccc23)c1. The van der Waals surface area contributed by atoms with Gasteiger partial charge in [0.1, 0.15) is 5.75 Å². The fraction of sp³-hybridized carbons (Fsp3) is 0.312. The van der Waals surface area contributed by atoms with Crippen LogP contribution in [0.1, 0.15) is 19.5 Å². The number of hydrogen-bond acceptors (Lipinski definition) is 7. The zero-order valence-corrected chi connectivity index (χ0v) is 25.5. The number of urea groups is 1. The van der Waals surface area contributed by atoms with Gasteiger partial charge in [0.05, 0.1) is 42.3 Å². The van der Waals surface area contributed by atoms with Crippen molar-refractivity contribution in [1.82, 2.24) is 14.2 Å². The van der Waals surface area contributed by atoms with Crippen LogP contribution in [0.25, 0.3) is 21.9 Å². The van der Waals surface area contributed by atoms with Crippen LogP contribution in [0.4, 0.5) is 16.2 Å². The van der Waals surface area contributed by atoms with Gasteiger partial charge in [0, 0.05) is 49.9 Å². The first-order valence-corrected chi connectivity index (χ1v) is 15.8. The van der Waals surface area contributed by atoms with Crippen LogP contribution < -0.4 is 15.4 Å². The molecule has 2 heterocycles. The fourth-order valence-electron chi connectivity index (χ4n) is 5.26. The predicted octanol–water partition coefficient (Wildman–Crippen LogP) is 5.42. The first-order valence-electron chi connectivity index (χ1n) is 14.4. The lowest BCUT2D eigenvalue weighted by molar-refractivity contribution is 0.0336. The van der Waals surface area contributed by atoms with Crippen LogP contribution in [-0.2, 0) is 21.3 Å². The average Bonchev–Trinajstić information content (AvgIpc) is 3.02. The lowest BCUT2D eigenvalue weighted by Gasteiger charge is -2.26. The molecule has 0 spiro atoms. The van der Waals surface area contributed by atoms with Gasteiger partial charge in [0.2, 0.25) is 10.0 Å². The van der Waals surface area contributed by atoms with E-state index in [1.165, 1.54) is 29.6 Å². The fourth-order valence-corrected chi connectivity index (χ4v) is 6.74. The summed E-state index contributed by atoms with van der Waals surface area (Å²) in [6.45, 7) is 8.35. The number of nitrogens with zero attached hydrogens (tertiary/aromatic N) is 3. The van der Waals surface area contributed by atoms with Crippen molar-refractivity contribution in [3.05, 3.63) is 78.6 Å². The summed E-state index contributed by atoms with van der Waals surface area (Å²) in [5, 5.41) is 7.52. The number of hydrogen-bond donors (Lipinski definition) is 2. The molecule has 43 heavy (non-hydrogen) atoms. The van der Waals surface area contributed by atoms with Gasteiger partial charge in [-0.3, -0.25) is 9.88 Å². The number of methoxy groups -OCH3 is 1. The van der Waals surface area contributed by atoms with Gasteiger partial charge in [-0.1, -0.05) is 50.2 Å². The van der Waals surface area contributed by atoms with Gasteiger partial charge in [-0.05, 0) is 41.3 Å². The minimum atomic E-state index is -3.72. The van der Waals surface area contributed by atoms with Crippen LogP contribution >= 0.6 is 0 Å². The van der Waals surface area contributed by atoms with E-state index in [0.717, 1.165) is 60.4 Å². The molecule has 0 radical (unpaired) electrons. The monoisotopic (exact) mass is 603 g/mol. The molecule has 2 amide bonds. The highest BCUT2D eigenvalue weighted by Crippen LogP contribution is 2.34. The van der Waals surface area contributed by atoms with E-state index in [1.54, 1.807) is 13.8 Å². The second-order valence-corrected chi connectivity index (χ2v) is 12.1. The quantitative estimate of drug-likeness (QED) is 0.249. The molecule has 1 aliphatic heterocycles. The molecule has 0 unspecified atom stereocenters. The lowest BCUT2D eigenvalue weighted by atomic mass is 9.98. The molecule has 1 aromatic heterocycles. The molecule has 0 atom stereocenters. The highest BCUT2D eigenvalue weighted by molar-refractivity contribution is 7.89. The van der Waals surface area contributed by atoms with Crippen LogP contribution in [0.15, 0.2) is 77.8 Å². The average molecular weight is 604 g/mol. The Hall–Kier alpha value is -4.03. The van der Waals surface area contributed by atoms with E-state index in [-0.39, 0.29) is 10.6 Å². The Morgan fingerprint density at radius 3 is 2.35 bits per heavy atom. The van der Waals surface area contributed by atoms with Crippen LogP contribution in [0.3, 0.4) is 0 Å². The molecule has 0 saturated carbocycles. The number of rotatable bonds is 10. The Morgan fingerprint density at radius 1 is 0.953 bits per heavy atom. The van der Waals surface area contributed by atoms with E-state index >= 15 is 0 Å². The van der Waals surface area contributed by atoms with Crippen LogP contribution in [-0.4, -0.2) is 75.1 Å². The van der Waals surface area contributed by atoms with Gasteiger partial charge in [0.25, 0.3) is 0 Å². The van der Waals surface area contributed by atoms with Crippen molar-refractivity contribution in [3.63, 3.8) is 0 Å². The normalized spacial score (nSPS) is 14.1. The molecule has 0 bridgehead atoms. The van der Waals surface area contributed by atoms with Gasteiger partial charge in [-0.25, -0.2) is 13.2 Å². The summed E-state index contributed by atoms with van der Waals surface area (Å²) in [4.78, 5) is 20.3. The lowest BCUT2D eigenvalue weighted by Crippen LogP contribution is -2.35. The zero-order valence-electron chi connectivity index (χ0n) is 24.7. The minimum Gasteiger partial charge on any atom is -0.495 e.